The molecular formula is C11H15N3O2S. The highest BCUT2D eigenvalue weighted by molar-refractivity contribution is 7.72. The lowest BCUT2D eigenvalue weighted by Crippen LogP contribution is -2.14. The molecule has 0 atom stereocenters. The van der Waals surface area contributed by atoms with Crippen molar-refractivity contribution < 1.29 is 8.42 Å². The van der Waals surface area contributed by atoms with Crippen molar-refractivity contribution in [3.63, 3.8) is 0 Å². The van der Waals surface area contributed by atoms with Crippen molar-refractivity contribution in [1.29, 1.82) is 0 Å². The minimum absolute atomic E-state index is 0.130. The number of benzene rings is 1. The van der Waals surface area contributed by atoms with Crippen LogP contribution in [0, 0.1) is 20.8 Å². The van der Waals surface area contributed by atoms with Crippen LogP contribution in [0.4, 0.5) is 0 Å². The van der Waals surface area contributed by atoms with Crippen LogP contribution < -0.4 is 5.43 Å². The first-order valence-corrected chi connectivity index (χ1v) is 6.19. The lowest BCUT2D eigenvalue weighted by Gasteiger charge is -1.96. The molecule has 2 rings (SSSR count). The van der Waals surface area contributed by atoms with Gasteiger partial charge in [-0.15, -0.1) is 0 Å². The molecule has 92 valence electrons. The molecule has 1 N–H and O–H groups in total. The zero-order valence-electron chi connectivity index (χ0n) is 10.1. The van der Waals surface area contributed by atoms with Crippen molar-refractivity contribution in [1.82, 2.24) is 5.43 Å². The number of hydrogen-bond donors (Lipinski definition) is 1. The van der Waals surface area contributed by atoms with Crippen LogP contribution in [0.3, 0.4) is 0 Å². The van der Waals surface area contributed by atoms with E-state index in [1.54, 1.807) is 0 Å². The highest BCUT2D eigenvalue weighted by Gasteiger charge is 2.02. The fourth-order valence-electron chi connectivity index (χ4n) is 1.52. The van der Waals surface area contributed by atoms with E-state index in [-0.39, 0.29) is 11.5 Å². The van der Waals surface area contributed by atoms with E-state index in [2.05, 4.69) is 54.7 Å². The summed E-state index contributed by atoms with van der Waals surface area (Å²) >= 11 is 0. The number of rotatable bonds is 0. The maximum Gasteiger partial charge on any atom is 0.237 e. The largest absolute Gasteiger partial charge is 0.247 e. The molecule has 1 heterocycles. The Morgan fingerprint density at radius 3 is 1.76 bits per heavy atom. The first-order chi connectivity index (χ1) is 7.99. The molecule has 5 nitrogen and oxygen atoms in total. The Bertz CT molecular complexity index is 494. The van der Waals surface area contributed by atoms with Crippen LogP contribution >= 0.6 is 0 Å². The molecular weight excluding hydrogens is 238 g/mol. The van der Waals surface area contributed by atoms with Crippen LogP contribution in [0.1, 0.15) is 16.7 Å². The van der Waals surface area contributed by atoms with E-state index < -0.39 is 10.3 Å². The second-order valence-corrected chi connectivity index (χ2v) is 4.80. The normalized spacial score (nSPS) is 12.8. The van der Waals surface area contributed by atoms with E-state index in [4.69, 9.17) is 0 Å². The van der Waals surface area contributed by atoms with Crippen molar-refractivity contribution in [2.24, 2.45) is 10.3 Å². The Morgan fingerprint density at radius 2 is 1.53 bits per heavy atom. The molecule has 1 aromatic rings. The smallest absolute Gasteiger partial charge is 0.237 e. The van der Waals surface area contributed by atoms with Gasteiger partial charge in [0, 0.05) is 0 Å². The zero-order valence-corrected chi connectivity index (χ0v) is 10.9. The third-order valence-electron chi connectivity index (χ3n) is 2.03. The molecule has 0 saturated carbocycles. The summed E-state index contributed by atoms with van der Waals surface area (Å²) in [6.45, 7) is 6.52. The van der Waals surface area contributed by atoms with Gasteiger partial charge in [0.1, 0.15) is 6.54 Å². The topological polar surface area (TPSA) is 70.9 Å². The van der Waals surface area contributed by atoms with Gasteiger partial charge in [-0.3, -0.25) is 0 Å². The number of aryl methyl sites for hydroxylation is 3. The van der Waals surface area contributed by atoms with Gasteiger partial charge in [-0.05, 0) is 20.8 Å². The van der Waals surface area contributed by atoms with E-state index in [0.717, 1.165) is 0 Å². The van der Waals surface area contributed by atoms with Gasteiger partial charge in [-0.1, -0.05) is 40.1 Å². The first-order valence-electron chi connectivity index (χ1n) is 5.11. The second kappa shape index (κ2) is 6.15. The molecule has 0 fully saturated rings. The molecule has 0 unspecified atom stereocenters. The fourth-order valence-corrected chi connectivity index (χ4v) is 1.80. The summed E-state index contributed by atoms with van der Waals surface area (Å²) in [5, 5.41) is 6.60. The van der Waals surface area contributed by atoms with E-state index in [1.165, 1.54) is 16.7 Å². The zero-order chi connectivity index (χ0) is 12.8. The van der Waals surface area contributed by atoms with Gasteiger partial charge in [0.2, 0.25) is 10.3 Å². The molecule has 1 aromatic carbocycles. The van der Waals surface area contributed by atoms with Gasteiger partial charge < -0.3 is 0 Å². The molecule has 0 bridgehead atoms. The van der Waals surface area contributed by atoms with E-state index in [1.807, 2.05) is 0 Å². The molecule has 0 radical (unpaired) electrons. The quantitative estimate of drug-likeness (QED) is 0.713. The second-order valence-electron chi connectivity index (χ2n) is 3.83. The summed E-state index contributed by atoms with van der Waals surface area (Å²) in [7, 11) is -2.17. The fraction of sp³-hybridized carbons (Fsp3) is 0.364. The summed E-state index contributed by atoms with van der Waals surface area (Å²) in [5.41, 5.74) is 6.28. The standard InChI is InChI=1S/C9H12.C2H3N3O2S/c1-7-4-8(2)6-9(3)5-7;6-8(7)2-1-3-5-4-2/h4-6H,1-3H3;1H2,(H,3,4). The van der Waals surface area contributed by atoms with Gasteiger partial charge in [0.15, 0.2) is 4.99 Å². The number of nitrogens with one attached hydrogen (secondary N) is 1. The van der Waals surface area contributed by atoms with Crippen LogP contribution in [-0.2, 0) is 10.3 Å². The van der Waals surface area contributed by atoms with Crippen LogP contribution in [-0.4, -0.2) is 20.0 Å². The Morgan fingerprint density at radius 1 is 1.06 bits per heavy atom. The van der Waals surface area contributed by atoms with Crippen molar-refractivity contribution >= 4 is 15.3 Å². The van der Waals surface area contributed by atoms with E-state index >= 15 is 0 Å². The molecule has 0 aromatic heterocycles. The summed E-state index contributed by atoms with van der Waals surface area (Å²) in [6, 6.07) is 6.56. The molecule has 0 amide bonds. The van der Waals surface area contributed by atoms with Gasteiger partial charge in [-0.25, -0.2) is 5.43 Å². The Labute approximate surface area is 102 Å². The third-order valence-corrected chi connectivity index (χ3v) is 2.65. The summed E-state index contributed by atoms with van der Waals surface area (Å²) in [6.07, 6.45) is 0. The SMILES string of the molecule is Cc1cc(C)cc(C)c1.O=S(=O)=C1CN=NN1. The Balaban J connectivity index is 0.000000171. The van der Waals surface area contributed by atoms with Crippen LogP contribution in [0.15, 0.2) is 28.5 Å². The van der Waals surface area contributed by atoms with Crippen molar-refractivity contribution in [2.75, 3.05) is 6.54 Å². The predicted molar refractivity (Wildman–Crippen MR) is 67.4 cm³/mol. The molecule has 1 aliphatic rings. The molecule has 17 heavy (non-hydrogen) atoms. The third kappa shape index (κ3) is 4.78. The Hall–Kier alpha value is -1.69. The average molecular weight is 253 g/mol. The summed E-state index contributed by atoms with van der Waals surface area (Å²) in [4.78, 5) is 0.130. The van der Waals surface area contributed by atoms with Gasteiger partial charge in [0.05, 0.1) is 0 Å². The Kier molecular flexibility index (Phi) is 4.84. The van der Waals surface area contributed by atoms with Crippen molar-refractivity contribution in [3.8, 4) is 0 Å². The minimum atomic E-state index is -2.17. The van der Waals surface area contributed by atoms with Gasteiger partial charge in [-0.2, -0.15) is 13.5 Å². The average Bonchev–Trinajstić information content (AvgIpc) is 2.68. The first kappa shape index (κ1) is 13.4. The highest BCUT2D eigenvalue weighted by Crippen LogP contribution is 2.06. The number of hydrogen-bond acceptors (Lipinski definition) is 4. The molecule has 0 aliphatic carbocycles. The molecule has 0 saturated heterocycles. The summed E-state index contributed by atoms with van der Waals surface area (Å²) < 4.78 is 20.0. The van der Waals surface area contributed by atoms with Crippen LogP contribution in [0.2, 0.25) is 0 Å². The molecule has 0 spiro atoms. The lowest BCUT2D eigenvalue weighted by atomic mass is 10.1. The lowest BCUT2D eigenvalue weighted by molar-refractivity contribution is 0.626. The van der Waals surface area contributed by atoms with Crippen molar-refractivity contribution in [2.45, 2.75) is 20.8 Å². The number of nitrogens with zero attached hydrogens (tertiary/aromatic N) is 2. The minimum Gasteiger partial charge on any atom is -0.247 e. The monoisotopic (exact) mass is 253 g/mol. The van der Waals surface area contributed by atoms with Crippen molar-refractivity contribution in [3.05, 3.63) is 34.9 Å². The maximum atomic E-state index is 9.98. The summed E-state index contributed by atoms with van der Waals surface area (Å²) in [5.74, 6) is 0. The van der Waals surface area contributed by atoms with Gasteiger partial charge >= 0.3 is 0 Å². The van der Waals surface area contributed by atoms with Crippen LogP contribution in [0.5, 0.6) is 0 Å². The predicted octanol–water partition coefficient (Wildman–Crippen LogP) is 1.58. The van der Waals surface area contributed by atoms with Gasteiger partial charge in [0.25, 0.3) is 0 Å². The highest BCUT2D eigenvalue weighted by atomic mass is 32.2. The van der Waals surface area contributed by atoms with E-state index in [9.17, 15) is 8.42 Å². The molecule has 6 heteroatoms. The molecule has 1 aliphatic heterocycles. The van der Waals surface area contributed by atoms with E-state index in [0.29, 0.717) is 0 Å². The van der Waals surface area contributed by atoms with Crippen LogP contribution in [0.25, 0.3) is 0 Å². The maximum absolute atomic E-state index is 9.98.